The molecular weight excluding hydrogens is 350 g/mol. The van der Waals surface area contributed by atoms with E-state index in [-0.39, 0.29) is 6.03 Å². The van der Waals surface area contributed by atoms with Crippen LogP contribution in [0.3, 0.4) is 0 Å². The van der Waals surface area contributed by atoms with E-state index in [1.165, 1.54) is 32.1 Å². The predicted octanol–water partition coefficient (Wildman–Crippen LogP) is 4.39. The number of nitrogens with zero attached hydrogens (tertiary/aromatic N) is 2. The fourth-order valence-electron chi connectivity index (χ4n) is 3.58. The lowest BCUT2D eigenvalue weighted by molar-refractivity contribution is 0.148. The van der Waals surface area contributed by atoms with Crippen LogP contribution in [-0.4, -0.2) is 55.7 Å². The second kappa shape index (κ2) is 9.28. The summed E-state index contributed by atoms with van der Waals surface area (Å²) in [6.07, 6.45) is 8.79. The van der Waals surface area contributed by atoms with Crippen molar-refractivity contribution in [2.75, 3.05) is 45.2 Å². The van der Waals surface area contributed by atoms with Crippen LogP contribution in [-0.2, 0) is 0 Å². The first-order chi connectivity index (χ1) is 12.7. The standard InChI is InChI=1S/C20H28ClN3O2/c1-26-19-8-7-17(21)15-18(19)22-20(25)24-13-11-23(12-14-24)10-9-16-5-3-2-4-6-16/h5,7-8,15H,2-4,6,9-14H2,1H3,(H,22,25). The molecule has 6 heteroatoms. The predicted molar refractivity (Wildman–Crippen MR) is 106 cm³/mol. The number of amides is 2. The highest BCUT2D eigenvalue weighted by Crippen LogP contribution is 2.28. The summed E-state index contributed by atoms with van der Waals surface area (Å²) in [5.74, 6) is 0.613. The number of nitrogens with one attached hydrogen (secondary N) is 1. The Morgan fingerprint density at radius 2 is 2.04 bits per heavy atom. The molecule has 0 aromatic heterocycles. The molecular formula is C20H28ClN3O2. The number of hydrogen-bond donors (Lipinski definition) is 1. The van der Waals surface area contributed by atoms with Crippen molar-refractivity contribution in [1.82, 2.24) is 9.80 Å². The van der Waals surface area contributed by atoms with Crippen LogP contribution < -0.4 is 10.1 Å². The zero-order valence-electron chi connectivity index (χ0n) is 15.5. The normalized spacial score (nSPS) is 18.4. The van der Waals surface area contributed by atoms with Crippen LogP contribution >= 0.6 is 11.6 Å². The minimum Gasteiger partial charge on any atom is -0.495 e. The molecule has 0 bridgehead atoms. The molecule has 0 unspecified atom stereocenters. The Kier molecular flexibility index (Phi) is 6.80. The molecule has 0 spiro atoms. The first-order valence-electron chi connectivity index (χ1n) is 9.45. The molecule has 1 aliphatic carbocycles. The molecule has 1 aromatic rings. The summed E-state index contributed by atoms with van der Waals surface area (Å²) in [7, 11) is 1.58. The maximum Gasteiger partial charge on any atom is 0.322 e. The number of carbonyl (C=O) groups excluding carboxylic acids is 1. The molecule has 1 heterocycles. The Morgan fingerprint density at radius 1 is 1.23 bits per heavy atom. The lowest BCUT2D eigenvalue weighted by Gasteiger charge is -2.35. The highest BCUT2D eigenvalue weighted by molar-refractivity contribution is 6.31. The second-order valence-electron chi connectivity index (χ2n) is 6.96. The molecule has 2 aliphatic rings. The summed E-state index contributed by atoms with van der Waals surface area (Å²) in [6.45, 7) is 4.44. The van der Waals surface area contributed by atoms with Crippen molar-refractivity contribution < 1.29 is 9.53 Å². The van der Waals surface area contributed by atoms with Gasteiger partial charge in [0, 0.05) is 37.7 Å². The number of carbonyl (C=O) groups is 1. The van der Waals surface area contributed by atoms with Crippen molar-refractivity contribution in [2.24, 2.45) is 0 Å². The molecule has 1 saturated heterocycles. The topological polar surface area (TPSA) is 44.8 Å². The van der Waals surface area contributed by atoms with E-state index >= 15 is 0 Å². The highest BCUT2D eigenvalue weighted by Gasteiger charge is 2.22. The van der Waals surface area contributed by atoms with E-state index in [1.807, 2.05) is 4.90 Å². The van der Waals surface area contributed by atoms with Crippen LogP contribution in [0.15, 0.2) is 29.8 Å². The fourth-order valence-corrected chi connectivity index (χ4v) is 3.75. The van der Waals surface area contributed by atoms with Gasteiger partial charge in [0.2, 0.25) is 0 Å². The Balaban J connectivity index is 1.46. The average molecular weight is 378 g/mol. The van der Waals surface area contributed by atoms with Crippen LogP contribution in [0.4, 0.5) is 10.5 Å². The Morgan fingerprint density at radius 3 is 2.73 bits per heavy atom. The van der Waals surface area contributed by atoms with E-state index in [4.69, 9.17) is 16.3 Å². The van der Waals surface area contributed by atoms with Crippen LogP contribution in [0, 0.1) is 0 Å². The van der Waals surface area contributed by atoms with Crippen LogP contribution in [0.25, 0.3) is 0 Å². The van der Waals surface area contributed by atoms with E-state index in [0.29, 0.717) is 16.5 Å². The van der Waals surface area contributed by atoms with E-state index in [9.17, 15) is 4.79 Å². The van der Waals surface area contributed by atoms with Gasteiger partial charge < -0.3 is 15.0 Å². The third-order valence-corrected chi connectivity index (χ3v) is 5.43. The minimum absolute atomic E-state index is 0.0970. The molecule has 1 aromatic carbocycles. The zero-order chi connectivity index (χ0) is 18.4. The van der Waals surface area contributed by atoms with Gasteiger partial charge >= 0.3 is 6.03 Å². The lowest BCUT2D eigenvalue weighted by Crippen LogP contribution is -2.50. The van der Waals surface area contributed by atoms with E-state index in [2.05, 4.69) is 16.3 Å². The van der Waals surface area contributed by atoms with Gasteiger partial charge in [-0.05, 0) is 50.3 Å². The SMILES string of the molecule is COc1ccc(Cl)cc1NC(=O)N1CCN(CCC2=CCCCC2)CC1. The van der Waals surface area contributed by atoms with Crippen molar-refractivity contribution in [1.29, 1.82) is 0 Å². The van der Waals surface area contributed by atoms with Crippen LogP contribution in [0.1, 0.15) is 32.1 Å². The van der Waals surface area contributed by atoms with Gasteiger partial charge in [-0.3, -0.25) is 4.90 Å². The van der Waals surface area contributed by atoms with Gasteiger partial charge in [0.15, 0.2) is 0 Å². The summed E-state index contributed by atoms with van der Waals surface area (Å²) < 4.78 is 5.29. The maximum atomic E-state index is 12.5. The second-order valence-corrected chi connectivity index (χ2v) is 7.40. The van der Waals surface area contributed by atoms with Crippen LogP contribution in [0.2, 0.25) is 5.02 Å². The van der Waals surface area contributed by atoms with Crippen molar-refractivity contribution in [3.05, 3.63) is 34.9 Å². The molecule has 5 nitrogen and oxygen atoms in total. The van der Waals surface area contributed by atoms with Crippen molar-refractivity contribution >= 4 is 23.3 Å². The smallest absolute Gasteiger partial charge is 0.322 e. The number of halogens is 1. The quantitative estimate of drug-likeness (QED) is 0.774. The zero-order valence-corrected chi connectivity index (χ0v) is 16.2. The van der Waals surface area contributed by atoms with Crippen molar-refractivity contribution in [3.63, 3.8) is 0 Å². The molecule has 0 atom stereocenters. The van der Waals surface area contributed by atoms with Crippen LogP contribution in [0.5, 0.6) is 5.75 Å². The number of methoxy groups -OCH3 is 1. The lowest BCUT2D eigenvalue weighted by atomic mass is 9.97. The largest absolute Gasteiger partial charge is 0.495 e. The molecule has 142 valence electrons. The molecule has 0 saturated carbocycles. The monoisotopic (exact) mass is 377 g/mol. The van der Waals surface area contributed by atoms with Gasteiger partial charge in [-0.1, -0.05) is 23.3 Å². The maximum absolute atomic E-state index is 12.5. The summed E-state index contributed by atoms with van der Waals surface area (Å²) in [5, 5.41) is 3.49. The number of piperazine rings is 1. The molecule has 1 aliphatic heterocycles. The molecule has 26 heavy (non-hydrogen) atoms. The number of benzene rings is 1. The Labute approximate surface area is 160 Å². The Bertz CT molecular complexity index is 654. The van der Waals surface area contributed by atoms with Crippen molar-refractivity contribution in [2.45, 2.75) is 32.1 Å². The van der Waals surface area contributed by atoms with E-state index in [1.54, 1.807) is 30.9 Å². The first kappa shape index (κ1) is 19.1. The summed E-state index contributed by atoms with van der Waals surface area (Å²) in [6, 6.07) is 5.12. The number of allylic oxidation sites excluding steroid dienone is 1. The summed E-state index contributed by atoms with van der Waals surface area (Å²) in [4.78, 5) is 16.9. The first-order valence-corrected chi connectivity index (χ1v) is 9.83. The highest BCUT2D eigenvalue weighted by atomic mass is 35.5. The third-order valence-electron chi connectivity index (χ3n) is 5.20. The molecule has 3 rings (SSSR count). The Hall–Kier alpha value is -1.72. The number of hydrogen-bond acceptors (Lipinski definition) is 3. The number of urea groups is 1. The number of ether oxygens (including phenoxy) is 1. The average Bonchev–Trinajstić information content (AvgIpc) is 2.68. The summed E-state index contributed by atoms with van der Waals surface area (Å²) in [5.41, 5.74) is 2.22. The van der Waals surface area contributed by atoms with Gasteiger partial charge in [0.1, 0.15) is 5.75 Å². The van der Waals surface area contributed by atoms with Gasteiger partial charge in [0.25, 0.3) is 0 Å². The number of anilines is 1. The molecule has 1 fully saturated rings. The van der Waals surface area contributed by atoms with E-state index < -0.39 is 0 Å². The third kappa shape index (κ3) is 5.15. The van der Waals surface area contributed by atoms with E-state index in [0.717, 1.165) is 32.7 Å². The van der Waals surface area contributed by atoms with Gasteiger partial charge in [-0.2, -0.15) is 0 Å². The van der Waals surface area contributed by atoms with Gasteiger partial charge in [-0.15, -0.1) is 0 Å². The molecule has 2 amide bonds. The van der Waals surface area contributed by atoms with Crippen molar-refractivity contribution in [3.8, 4) is 5.75 Å². The molecule has 1 N–H and O–H groups in total. The van der Waals surface area contributed by atoms with Gasteiger partial charge in [-0.25, -0.2) is 4.79 Å². The summed E-state index contributed by atoms with van der Waals surface area (Å²) >= 11 is 6.03. The van der Waals surface area contributed by atoms with Gasteiger partial charge in [0.05, 0.1) is 12.8 Å². The molecule has 0 radical (unpaired) electrons. The fraction of sp³-hybridized carbons (Fsp3) is 0.550. The number of rotatable bonds is 5. The minimum atomic E-state index is -0.0970.